The molecule has 24 heavy (non-hydrogen) atoms. The Morgan fingerprint density at radius 3 is 3.00 bits per heavy atom. The van der Waals surface area contributed by atoms with Gasteiger partial charge in [0.05, 0.1) is 6.10 Å². The van der Waals surface area contributed by atoms with Crippen molar-refractivity contribution in [3.05, 3.63) is 24.3 Å². The number of esters is 1. The number of allylic oxidation sites excluding steroid dienone is 3. The molecule has 134 valence electrons. The molecule has 0 bridgehead atoms. The smallest absolute Gasteiger partial charge is 0.306 e. The molecule has 1 saturated carbocycles. The Labute approximate surface area is 145 Å². The summed E-state index contributed by atoms with van der Waals surface area (Å²) in [6.07, 6.45) is 13.9. The van der Waals surface area contributed by atoms with Gasteiger partial charge < -0.3 is 9.84 Å². The van der Waals surface area contributed by atoms with E-state index in [0.717, 1.165) is 38.5 Å². The summed E-state index contributed by atoms with van der Waals surface area (Å²) in [6.45, 7) is 2.11. The van der Waals surface area contributed by atoms with Crippen LogP contribution in [0.5, 0.6) is 0 Å². The Morgan fingerprint density at radius 2 is 2.21 bits per heavy atom. The van der Waals surface area contributed by atoms with Crippen molar-refractivity contribution in [2.45, 2.75) is 76.9 Å². The highest BCUT2D eigenvalue weighted by molar-refractivity contribution is 5.89. The van der Waals surface area contributed by atoms with E-state index >= 15 is 0 Å². The molecule has 0 aromatic carbocycles. The number of ketones is 1. The van der Waals surface area contributed by atoms with Crippen LogP contribution in [-0.2, 0) is 14.3 Å². The number of aliphatic hydroxyl groups is 1. The van der Waals surface area contributed by atoms with E-state index in [0.29, 0.717) is 19.3 Å². The summed E-state index contributed by atoms with van der Waals surface area (Å²) in [5.41, 5.74) is 0. The molecule has 1 aliphatic carbocycles. The summed E-state index contributed by atoms with van der Waals surface area (Å²) >= 11 is 0. The Bertz CT molecular complexity index is 480. The van der Waals surface area contributed by atoms with E-state index in [1.54, 1.807) is 6.08 Å². The van der Waals surface area contributed by atoms with Crippen molar-refractivity contribution in [1.82, 2.24) is 0 Å². The maximum Gasteiger partial charge on any atom is 0.306 e. The topological polar surface area (TPSA) is 63.6 Å². The van der Waals surface area contributed by atoms with Crippen molar-refractivity contribution in [3.63, 3.8) is 0 Å². The maximum absolute atomic E-state index is 11.9. The van der Waals surface area contributed by atoms with E-state index in [9.17, 15) is 14.7 Å². The van der Waals surface area contributed by atoms with E-state index in [4.69, 9.17) is 4.74 Å². The molecule has 0 radical (unpaired) electrons. The first-order valence-electron chi connectivity index (χ1n) is 9.35. The van der Waals surface area contributed by atoms with Crippen molar-refractivity contribution >= 4 is 11.8 Å². The van der Waals surface area contributed by atoms with Crippen LogP contribution in [0.15, 0.2) is 24.3 Å². The molecule has 4 atom stereocenters. The van der Waals surface area contributed by atoms with Gasteiger partial charge in [0.2, 0.25) is 0 Å². The van der Waals surface area contributed by atoms with Gasteiger partial charge in [-0.25, -0.2) is 0 Å². The molecule has 0 saturated heterocycles. The number of carbonyl (C=O) groups is 2. The summed E-state index contributed by atoms with van der Waals surface area (Å²) in [6, 6.07) is 0. The van der Waals surface area contributed by atoms with Crippen LogP contribution in [0.3, 0.4) is 0 Å². The number of ether oxygens (including phenoxy) is 1. The molecule has 4 unspecified atom stereocenters. The summed E-state index contributed by atoms with van der Waals surface area (Å²) in [4.78, 5) is 23.8. The third-order valence-corrected chi connectivity index (χ3v) is 5.03. The second kappa shape index (κ2) is 9.77. The fourth-order valence-corrected chi connectivity index (χ4v) is 3.63. The van der Waals surface area contributed by atoms with Gasteiger partial charge >= 0.3 is 5.97 Å². The van der Waals surface area contributed by atoms with Crippen molar-refractivity contribution < 1.29 is 19.4 Å². The lowest BCUT2D eigenvalue weighted by Crippen LogP contribution is -2.25. The fourth-order valence-electron chi connectivity index (χ4n) is 3.63. The minimum absolute atomic E-state index is 0.0537. The largest absolute Gasteiger partial charge is 0.462 e. The lowest BCUT2D eigenvalue weighted by molar-refractivity contribution is -0.151. The first kappa shape index (κ1) is 18.9. The Balaban J connectivity index is 2.01. The molecule has 4 heteroatoms. The quantitative estimate of drug-likeness (QED) is 0.348. The highest BCUT2D eigenvalue weighted by Gasteiger charge is 2.42. The zero-order valence-corrected chi connectivity index (χ0v) is 14.7. The van der Waals surface area contributed by atoms with E-state index in [1.165, 1.54) is 0 Å². The summed E-state index contributed by atoms with van der Waals surface area (Å²) in [5, 5.41) is 10.4. The number of fused-ring (bicyclic) bond motifs is 1. The van der Waals surface area contributed by atoms with E-state index in [1.807, 2.05) is 6.08 Å². The lowest BCUT2D eigenvalue weighted by atomic mass is 9.89. The first-order valence-corrected chi connectivity index (χ1v) is 9.35. The second-order valence-corrected chi connectivity index (χ2v) is 6.95. The van der Waals surface area contributed by atoms with E-state index in [-0.39, 0.29) is 29.7 Å². The second-order valence-electron chi connectivity index (χ2n) is 6.95. The van der Waals surface area contributed by atoms with E-state index in [2.05, 4.69) is 19.1 Å². The normalized spacial score (nSPS) is 31.0. The lowest BCUT2D eigenvalue weighted by Gasteiger charge is -2.23. The van der Waals surface area contributed by atoms with Gasteiger partial charge in [0.1, 0.15) is 6.10 Å². The van der Waals surface area contributed by atoms with Gasteiger partial charge in [-0.05, 0) is 31.8 Å². The fraction of sp³-hybridized carbons (Fsp3) is 0.700. The number of hydrogen-bond donors (Lipinski definition) is 1. The van der Waals surface area contributed by atoms with Gasteiger partial charge in [0, 0.05) is 31.1 Å². The maximum atomic E-state index is 11.9. The highest BCUT2D eigenvalue weighted by atomic mass is 16.5. The summed E-state index contributed by atoms with van der Waals surface area (Å²) in [5.74, 6) is -0.126. The number of hydrogen-bond acceptors (Lipinski definition) is 4. The minimum atomic E-state index is -0.554. The Hall–Kier alpha value is -1.42. The summed E-state index contributed by atoms with van der Waals surface area (Å²) in [7, 11) is 0. The van der Waals surface area contributed by atoms with E-state index < -0.39 is 6.10 Å². The van der Waals surface area contributed by atoms with Gasteiger partial charge in [-0.3, -0.25) is 9.59 Å². The zero-order valence-electron chi connectivity index (χ0n) is 14.7. The predicted molar refractivity (Wildman–Crippen MR) is 93.4 cm³/mol. The van der Waals surface area contributed by atoms with Crippen LogP contribution in [0.4, 0.5) is 0 Å². The molecule has 1 N–H and O–H groups in total. The molecule has 0 aromatic rings. The number of carbonyl (C=O) groups excluding carboxylic acids is 2. The van der Waals surface area contributed by atoms with Crippen molar-refractivity contribution in [1.29, 1.82) is 0 Å². The van der Waals surface area contributed by atoms with Crippen LogP contribution in [-0.4, -0.2) is 29.1 Å². The first-order chi connectivity index (χ1) is 11.6. The molecule has 0 spiro atoms. The van der Waals surface area contributed by atoms with Gasteiger partial charge in [-0.15, -0.1) is 0 Å². The van der Waals surface area contributed by atoms with Crippen molar-refractivity contribution in [3.8, 4) is 0 Å². The standard InChI is InChI=1S/C20H30O4/c1-2-3-6-9-15(21)12-13-16-17-10-7-4-5-8-11-20(23)24-19(17)14-18(16)22/h4,7,12-13,16-19,22H,2-3,5-6,8-11,14H2,1H3. The van der Waals surface area contributed by atoms with Gasteiger partial charge in [-0.2, -0.15) is 0 Å². The average molecular weight is 334 g/mol. The molecular formula is C20H30O4. The Morgan fingerprint density at radius 1 is 1.38 bits per heavy atom. The van der Waals surface area contributed by atoms with Gasteiger partial charge in [-0.1, -0.05) is 38.0 Å². The third kappa shape index (κ3) is 5.59. The van der Waals surface area contributed by atoms with Crippen molar-refractivity contribution in [2.75, 3.05) is 0 Å². The zero-order chi connectivity index (χ0) is 17.4. The average Bonchev–Trinajstić information content (AvgIpc) is 2.84. The molecule has 0 aromatic heterocycles. The third-order valence-electron chi connectivity index (χ3n) is 5.03. The molecular weight excluding hydrogens is 304 g/mol. The molecule has 0 amide bonds. The number of aliphatic hydroxyl groups excluding tert-OH is 1. The van der Waals surface area contributed by atoms with Crippen LogP contribution < -0.4 is 0 Å². The molecule has 1 aliphatic heterocycles. The van der Waals surface area contributed by atoms with Crippen LogP contribution >= 0.6 is 0 Å². The highest BCUT2D eigenvalue weighted by Crippen LogP contribution is 2.38. The minimum Gasteiger partial charge on any atom is -0.462 e. The monoisotopic (exact) mass is 334 g/mol. The summed E-state index contributed by atoms with van der Waals surface area (Å²) < 4.78 is 5.59. The van der Waals surface area contributed by atoms with Crippen LogP contribution in [0, 0.1) is 11.8 Å². The SMILES string of the molecule is CCCCCC(=O)C=CC1C(O)CC2OC(=O)CCCC=CCC21. The van der Waals surface area contributed by atoms with Gasteiger partial charge in [0.25, 0.3) is 0 Å². The molecule has 2 rings (SSSR count). The predicted octanol–water partition coefficient (Wildman–Crippen LogP) is 3.73. The van der Waals surface area contributed by atoms with Crippen molar-refractivity contribution in [2.24, 2.45) is 11.8 Å². The molecule has 4 nitrogen and oxygen atoms in total. The van der Waals surface area contributed by atoms with Crippen LogP contribution in [0.25, 0.3) is 0 Å². The Kier molecular flexibility index (Phi) is 7.70. The van der Waals surface area contributed by atoms with Crippen LogP contribution in [0.2, 0.25) is 0 Å². The van der Waals surface area contributed by atoms with Gasteiger partial charge in [0.15, 0.2) is 5.78 Å². The number of unbranched alkanes of at least 4 members (excludes halogenated alkanes) is 2. The van der Waals surface area contributed by atoms with Crippen LogP contribution in [0.1, 0.15) is 64.7 Å². The molecule has 1 heterocycles. The number of rotatable bonds is 6. The molecule has 2 aliphatic rings. The molecule has 1 fully saturated rings.